The molecule has 0 spiro atoms. The van der Waals surface area contributed by atoms with E-state index < -0.39 is 11.3 Å². The molecule has 0 atom stereocenters. The molecule has 0 unspecified atom stereocenters. The second-order valence-electron chi connectivity index (χ2n) is 6.10. The minimum Gasteiger partial charge on any atom is -0.268 e. The van der Waals surface area contributed by atoms with Gasteiger partial charge in [-0.1, -0.05) is 37.3 Å². The number of halogens is 2. The number of aromatic nitrogens is 2. The van der Waals surface area contributed by atoms with E-state index in [9.17, 15) is 13.6 Å². The number of hydrogen-bond acceptors (Lipinski definition) is 2. The summed E-state index contributed by atoms with van der Waals surface area (Å²) in [5.74, 6) is -2.60. The average molecular weight is 290 g/mol. The first-order valence-electron chi connectivity index (χ1n) is 6.88. The molecule has 0 amide bonds. The highest BCUT2D eigenvalue weighted by molar-refractivity contribution is 5.57. The minimum absolute atomic E-state index is 0.191. The fourth-order valence-electron chi connectivity index (χ4n) is 3.00. The summed E-state index contributed by atoms with van der Waals surface area (Å²) in [6, 6.07) is 12.6. The molecule has 1 aromatic carbocycles. The normalized spacial score (nSPS) is 19.0. The van der Waals surface area contributed by atoms with Gasteiger partial charge in [0.05, 0.1) is 12.2 Å². The van der Waals surface area contributed by atoms with Crippen LogP contribution in [0.1, 0.15) is 19.8 Å². The first kappa shape index (κ1) is 13.9. The summed E-state index contributed by atoms with van der Waals surface area (Å²) < 4.78 is 27.4. The van der Waals surface area contributed by atoms with Crippen molar-refractivity contribution >= 4 is 0 Å². The lowest BCUT2D eigenvalue weighted by molar-refractivity contribution is -0.160. The molecule has 1 fully saturated rings. The Morgan fingerprint density at radius 2 is 1.81 bits per heavy atom. The molecular formula is C16H16F2N2O. The maximum atomic E-state index is 13.1. The monoisotopic (exact) mass is 290 g/mol. The van der Waals surface area contributed by atoms with E-state index in [1.165, 1.54) is 10.7 Å². The summed E-state index contributed by atoms with van der Waals surface area (Å²) in [4.78, 5) is 11.9. The number of benzene rings is 1. The van der Waals surface area contributed by atoms with Crippen LogP contribution >= 0.6 is 0 Å². The van der Waals surface area contributed by atoms with Crippen LogP contribution < -0.4 is 5.56 Å². The Hall–Kier alpha value is -2.04. The number of nitrogens with zero attached hydrogens (tertiary/aromatic N) is 2. The van der Waals surface area contributed by atoms with Crippen LogP contribution in [0.15, 0.2) is 47.3 Å². The lowest BCUT2D eigenvalue weighted by atomic mass is 9.67. The molecule has 0 bridgehead atoms. The maximum absolute atomic E-state index is 13.1. The molecule has 1 aliphatic rings. The largest absolute Gasteiger partial charge is 0.268 e. The summed E-state index contributed by atoms with van der Waals surface area (Å²) >= 11 is 0. The zero-order valence-corrected chi connectivity index (χ0v) is 11.7. The predicted octanol–water partition coefficient (Wildman–Crippen LogP) is 3.35. The first-order chi connectivity index (χ1) is 9.87. The van der Waals surface area contributed by atoms with E-state index in [2.05, 4.69) is 5.10 Å². The fourth-order valence-corrected chi connectivity index (χ4v) is 3.00. The van der Waals surface area contributed by atoms with Gasteiger partial charge in [0, 0.05) is 24.5 Å². The van der Waals surface area contributed by atoms with Crippen molar-refractivity contribution in [3.63, 3.8) is 0 Å². The molecule has 1 aromatic heterocycles. The van der Waals surface area contributed by atoms with Crippen molar-refractivity contribution < 1.29 is 8.78 Å². The zero-order chi connectivity index (χ0) is 15.1. The van der Waals surface area contributed by atoms with Gasteiger partial charge in [-0.05, 0) is 11.5 Å². The van der Waals surface area contributed by atoms with Crippen LogP contribution in [0.3, 0.4) is 0 Å². The molecule has 1 saturated carbocycles. The van der Waals surface area contributed by atoms with E-state index in [1.807, 2.05) is 30.3 Å². The van der Waals surface area contributed by atoms with Gasteiger partial charge >= 0.3 is 0 Å². The van der Waals surface area contributed by atoms with Crippen molar-refractivity contribution in [3.05, 3.63) is 52.8 Å². The fraction of sp³-hybridized carbons (Fsp3) is 0.375. The van der Waals surface area contributed by atoms with Crippen LogP contribution in [-0.2, 0) is 6.54 Å². The molecule has 0 N–H and O–H groups in total. The highest BCUT2D eigenvalue weighted by Crippen LogP contribution is 2.52. The molecule has 3 nitrogen and oxygen atoms in total. The highest BCUT2D eigenvalue weighted by atomic mass is 19.3. The van der Waals surface area contributed by atoms with E-state index in [0.29, 0.717) is 5.69 Å². The SMILES string of the molecule is CC1(Cn2nc(-c3ccccc3)ccc2=O)CC(F)(F)C1. The van der Waals surface area contributed by atoms with Crippen molar-refractivity contribution in [1.29, 1.82) is 0 Å². The third-order valence-corrected chi connectivity index (χ3v) is 3.84. The first-order valence-corrected chi connectivity index (χ1v) is 6.88. The molecule has 0 aliphatic heterocycles. The Kier molecular flexibility index (Phi) is 3.15. The number of alkyl halides is 2. The Bertz CT molecular complexity index is 702. The van der Waals surface area contributed by atoms with Crippen molar-refractivity contribution in [3.8, 4) is 11.3 Å². The molecule has 0 saturated heterocycles. The maximum Gasteiger partial charge on any atom is 0.266 e. The van der Waals surface area contributed by atoms with Gasteiger partial charge in [0.2, 0.25) is 5.92 Å². The summed E-state index contributed by atoms with van der Waals surface area (Å²) in [6.45, 7) is 2.00. The van der Waals surface area contributed by atoms with Gasteiger partial charge < -0.3 is 0 Å². The van der Waals surface area contributed by atoms with Crippen LogP contribution in [0.25, 0.3) is 11.3 Å². The van der Waals surface area contributed by atoms with Gasteiger partial charge in [0.15, 0.2) is 0 Å². The molecule has 2 aromatic rings. The van der Waals surface area contributed by atoms with E-state index in [1.54, 1.807) is 13.0 Å². The smallest absolute Gasteiger partial charge is 0.266 e. The number of rotatable bonds is 3. The molecule has 1 heterocycles. The topological polar surface area (TPSA) is 34.9 Å². The second kappa shape index (κ2) is 4.76. The molecular weight excluding hydrogens is 274 g/mol. The molecule has 110 valence electrons. The summed E-state index contributed by atoms with van der Waals surface area (Å²) in [5, 5.41) is 4.32. The Morgan fingerprint density at radius 3 is 2.43 bits per heavy atom. The van der Waals surface area contributed by atoms with E-state index in [4.69, 9.17) is 0 Å². The minimum atomic E-state index is -2.60. The van der Waals surface area contributed by atoms with Gasteiger partial charge in [0.25, 0.3) is 5.56 Å². The van der Waals surface area contributed by atoms with Crippen LogP contribution in [-0.4, -0.2) is 15.7 Å². The van der Waals surface area contributed by atoms with Gasteiger partial charge in [0.1, 0.15) is 0 Å². The van der Waals surface area contributed by atoms with Crippen LogP contribution in [0.2, 0.25) is 0 Å². The van der Waals surface area contributed by atoms with E-state index in [-0.39, 0.29) is 24.9 Å². The van der Waals surface area contributed by atoms with Crippen molar-refractivity contribution in [2.24, 2.45) is 5.41 Å². The lowest BCUT2D eigenvalue weighted by Crippen LogP contribution is -2.48. The van der Waals surface area contributed by atoms with Gasteiger partial charge in [-0.15, -0.1) is 0 Å². The summed E-state index contributed by atoms with van der Waals surface area (Å²) in [5.41, 5.74) is 0.752. The van der Waals surface area contributed by atoms with Gasteiger partial charge in [-0.3, -0.25) is 4.79 Å². The molecule has 21 heavy (non-hydrogen) atoms. The van der Waals surface area contributed by atoms with E-state index >= 15 is 0 Å². The van der Waals surface area contributed by atoms with Crippen LogP contribution in [0.5, 0.6) is 0 Å². The van der Waals surface area contributed by atoms with Crippen LogP contribution in [0, 0.1) is 5.41 Å². The molecule has 3 rings (SSSR count). The second-order valence-corrected chi connectivity index (χ2v) is 6.10. The Balaban J connectivity index is 1.88. The summed E-state index contributed by atoms with van der Waals surface area (Å²) in [7, 11) is 0. The molecule has 0 radical (unpaired) electrons. The van der Waals surface area contributed by atoms with Crippen molar-refractivity contribution in [2.75, 3.05) is 0 Å². The van der Waals surface area contributed by atoms with Crippen molar-refractivity contribution in [2.45, 2.75) is 32.2 Å². The van der Waals surface area contributed by atoms with E-state index in [0.717, 1.165) is 5.56 Å². The van der Waals surface area contributed by atoms with Crippen LogP contribution in [0.4, 0.5) is 8.78 Å². The predicted molar refractivity (Wildman–Crippen MR) is 76.2 cm³/mol. The Morgan fingerprint density at radius 1 is 1.14 bits per heavy atom. The van der Waals surface area contributed by atoms with Crippen molar-refractivity contribution in [1.82, 2.24) is 9.78 Å². The highest BCUT2D eigenvalue weighted by Gasteiger charge is 2.53. The number of hydrogen-bond donors (Lipinski definition) is 0. The average Bonchev–Trinajstić information content (AvgIpc) is 2.40. The quantitative estimate of drug-likeness (QED) is 0.869. The standard InChI is InChI=1S/C16H16F2N2O/c1-15(9-16(17,18)10-15)11-20-14(21)8-7-13(19-20)12-5-3-2-4-6-12/h2-8H,9-11H2,1H3. The van der Waals surface area contributed by atoms with Gasteiger partial charge in [-0.25, -0.2) is 13.5 Å². The molecule has 1 aliphatic carbocycles. The third-order valence-electron chi connectivity index (χ3n) is 3.84. The summed E-state index contributed by atoms with van der Waals surface area (Å²) in [6.07, 6.45) is -0.382. The zero-order valence-electron chi connectivity index (χ0n) is 11.7. The van der Waals surface area contributed by atoms with Gasteiger partial charge in [-0.2, -0.15) is 5.10 Å². The Labute approximate surface area is 121 Å². The molecule has 5 heteroatoms. The lowest BCUT2D eigenvalue weighted by Gasteiger charge is -2.44. The third kappa shape index (κ3) is 2.86.